The molecule has 0 radical (unpaired) electrons. The van der Waals surface area contributed by atoms with Crippen LogP contribution in [0.3, 0.4) is 0 Å². The summed E-state index contributed by atoms with van der Waals surface area (Å²) in [5.41, 5.74) is 1.71. The third-order valence-corrected chi connectivity index (χ3v) is 14.2. The monoisotopic (exact) mass is 832 g/mol. The molecule has 13 heteroatoms. The Morgan fingerprint density at radius 2 is 1.16 bits per heavy atom. The van der Waals surface area contributed by atoms with Crippen LogP contribution in [0, 0.1) is 43.7 Å². The van der Waals surface area contributed by atoms with E-state index in [4.69, 9.17) is 0 Å². The SMILES string of the molecule is CCCCC(CC)CCc1ccc(-c2ccc(C3=C([N+](=O)[O-])C([N+](=O)[O-])=C(c4ccc(-c5ccc(CCC(CC)CCCC)cc5F)s4)N4SNC=C34)s2)c(F)c1. The highest BCUT2D eigenvalue weighted by Crippen LogP contribution is 2.52. The average Bonchev–Trinajstić information content (AvgIpc) is 3.99. The third-order valence-electron chi connectivity index (χ3n) is 11.1. The van der Waals surface area contributed by atoms with Crippen LogP contribution >= 0.6 is 34.8 Å². The smallest absolute Gasteiger partial charge is 0.316 e. The summed E-state index contributed by atoms with van der Waals surface area (Å²) in [6.45, 7) is 8.77. The minimum absolute atomic E-state index is 0.0288. The van der Waals surface area contributed by atoms with Gasteiger partial charge in [0.15, 0.2) is 5.70 Å². The van der Waals surface area contributed by atoms with Gasteiger partial charge in [-0.1, -0.05) is 103 Å². The van der Waals surface area contributed by atoms with Crippen molar-refractivity contribution in [2.24, 2.45) is 11.8 Å². The second-order valence-electron chi connectivity index (χ2n) is 14.8. The first-order chi connectivity index (χ1) is 27.6. The van der Waals surface area contributed by atoms with E-state index in [2.05, 4.69) is 32.4 Å². The van der Waals surface area contributed by atoms with Crippen LogP contribution in [0.1, 0.15) is 113 Å². The van der Waals surface area contributed by atoms with Gasteiger partial charge in [0.05, 0.1) is 32.6 Å². The fraction of sp³-hybridized carbons (Fsp3) is 0.409. The lowest BCUT2D eigenvalue weighted by Crippen LogP contribution is -2.26. The molecule has 0 saturated carbocycles. The lowest BCUT2D eigenvalue weighted by atomic mass is 9.92. The number of benzene rings is 2. The number of hydrogen-bond donors (Lipinski definition) is 1. The summed E-state index contributed by atoms with van der Waals surface area (Å²) in [5.74, 6) is 0.448. The van der Waals surface area contributed by atoms with Gasteiger partial charge in [-0.3, -0.25) is 24.5 Å². The van der Waals surface area contributed by atoms with E-state index >= 15 is 8.78 Å². The fourth-order valence-electron chi connectivity index (χ4n) is 7.73. The van der Waals surface area contributed by atoms with Crippen molar-refractivity contribution < 1.29 is 18.6 Å². The minimum atomic E-state index is -0.722. The van der Waals surface area contributed by atoms with Gasteiger partial charge < -0.3 is 4.72 Å². The highest BCUT2D eigenvalue weighted by Gasteiger charge is 2.49. The second kappa shape index (κ2) is 19.4. The molecule has 0 amide bonds. The lowest BCUT2D eigenvalue weighted by molar-refractivity contribution is -0.478. The predicted octanol–water partition coefficient (Wildman–Crippen LogP) is 13.7. The summed E-state index contributed by atoms with van der Waals surface area (Å²) in [6, 6.07) is 17.2. The van der Waals surface area contributed by atoms with Crippen LogP contribution in [0.4, 0.5) is 8.78 Å². The molecular weight excluding hydrogens is 783 g/mol. The second-order valence-corrected chi connectivity index (χ2v) is 17.8. The number of rotatable bonds is 20. The zero-order chi connectivity index (χ0) is 40.6. The molecule has 0 bridgehead atoms. The highest BCUT2D eigenvalue weighted by molar-refractivity contribution is 7.95. The van der Waals surface area contributed by atoms with Crippen LogP contribution in [-0.4, -0.2) is 14.2 Å². The number of hydrogen-bond acceptors (Lipinski definition) is 9. The molecule has 6 rings (SSSR count). The number of nitrogens with zero attached hydrogens (tertiary/aromatic N) is 3. The zero-order valence-corrected chi connectivity index (χ0v) is 35.4. The number of nitro groups is 2. The molecule has 2 unspecified atom stereocenters. The Kier molecular flexibility index (Phi) is 14.4. The standard InChI is InChI=1S/C44H50F2N4O4S3/c1-5-9-11-28(7-3)13-15-30-17-19-32(34(45)25-30)37-21-23-39(55-37)41-36-27-47-57-48(36)42(44(50(53)54)43(41)49(51)52)40-24-22-38(56-40)33-20-18-31(26-35(33)46)16-14-29(8-4)12-10-6-2/h17-29,47H,5-16H2,1-4H3. The largest absolute Gasteiger partial charge is 0.372 e. The van der Waals surface area contributed by atoms with Gasteiger partial charge in [0.1, 0.15) is 17.2 Å². The van der Waals surface area contributed by atoms with Crippen molar-refractivity contribution in [3.8, 4) is 20.9 Å². The van der Waals surface area contributed by atoms with Crippen molar-refractivity contribution in [1.82, 2.24) is 9.03 Å². The van der Waals surface area contributed by atoms with E-state index < -0.39 is 21.2 Å². The Morgan fingerprint density at radius 1 is 0.667 bits per heavy atom. The topological polar surface area (TPSA) is 102 Å². The molecule has 8 nitrogen and oxygen atoms in total. The van der Waals surface area contributed by atoms with E-state index in [1.54, 1.807) is 59.0 Å². The molecule has 2 aromatic heterocycles. The summed E-state index contributed by atoms with van der Waals surface area (Å²) in [5, 5.41) is 25.8. The molecule has 0 spiro atoms. The van der Waals surface area contributed by atoms with Gasteiger partial charge in [-0.2, -0.15) is 0 Å². The Bertz CT molecular complexity index is 2190. The van der Waals surface area contributed by atoms with Crippen molar-refractivity contribution in [2.75, 3.05) is 0 Å². The van der Waals surface area contributed by atoms with E-state index in [0.717, 1.165) is 97.3 Å². The maximum Gasteiger partial charge on any atom is 0.372 e. The Morgan fingerprint density at radius 3 is 1.63 bits per heavy atom. The molecule has 4 heterocycles. The van der Waals surface area contributed by atoms with Crippen LogP contribution in [0.5, 0.6) is 0 Å². The Balaban J connectivity index is 1.31. The van der Waals surface area contributed by atoms with Gasteiger partial charge in [-0.15, -0.1) is 22.7 Å². The number of fused-ring (bicyclic) bond motifs is 1. The van der Waals surface area contributed by atoms with Crippen LogP contribution in [-0.2, 0) is 12.8 Å². The number of unbranched alkanes of at least 4 members (excludes halogenated alkanes) is 2. The van der Waals surface area contributed by atoms with E-state index in [-0.39, 0.29) is 22.9 Å². The first kappa shape index (κ1) is 42.3. The molecule has 0 saturated heterocycles. The zero-order valence-electron chi connectivity index (χ0n) is 32.9. The summed E-state index contributed by atoms with van der Waals surface area (Å²) in [7, 11) is 0. The van der Waals surface area contributed by atoms with Gasteiger partial charge in [0.25, 0.3) is 0 Å². The molecule has 0 aliphatic carbocycles. The lowest BCUT2D eigenvalue weighted by Gasteiger charge is -2.26. The molecule has 0 fully saturated rings. The van der Waals surface area contributed by atoms with Crippen molar-refractivity contribution in [3.63, 3.8) is 0 Å². The van der Waals surface area contributed by atoms with E-state index in [1.807, 2.05) is 12.1 Å². The van der Waals surface area contributed by atoms with Gasteiger partial charge in [-0.05, 0) is 85.0 Å². The highest BCUT2D eigenvalue weighted by atomic mass is 32.2. The molecule has 2 aliphatic heterocycles. The van der Waals surface area contributed by atoms with E-state index in [1.165, 1.54) is 25.7 Å². The molecule has 2 aromatic carbocycles. The van der Waals surface area contributed by atoms with Crippen LogP contribution in [0.15, 0.2) is 84.0 Å². The Hall–Kier alpha value is -4.33. The number of thiophene rings is 2. The third kappa shape index (κ3) is 9.53. The summed E-state index contributed by atoms with van der Waals surface area (Å²) in [6.07, 6.45) is 14.4. The van der Waals surface area contributed by atoms with Crippen molar-refractivity contribution >= 4 is 46.1 Å². The van der Waals surface area contributed by atoms with E-state index in [9.17, 15) is 20.2 Å². The normalized spacial score (nSPS) is 15.1. The Labute approximate surface area is 346 Å². The molecule has 2 aliphatic rings. The van der Waals surface area contributed by atoms with Crippen LogP contribution < -0.4 is 4.72 Å². The average molecular weight is 833 g/mol. The molecule has 57 heavy (non-hydrogen) atoms. The van der Waals surface area contributed by atoms with E-state index in [0.29, 0.717) is 48.2 Å². The van der Waals surface area contributed by atoms with Crippen molar-refractivity contribution in [2.45, 2.75) is 105 Å². The summed E-state index contributed by atoms with van der Waals surface area (Å²) < 4.78 is 35.9. The maximum atomic E-state index is 15.6. The van der Waals surface area contributed by atoms with Crippen LogP contribution in [0.2, 0.25) is 0 Å². The fourth-order valence-corrected chi connectivity index (χ4v) is 10.7. The molecule has 302 valence electrons. The number of allylic oxidation sites excluding steroid dienone is 1. The summed E-state index contributed by atoms with van der Waals surface area (Å²) in [4.78, 5) is 26.2. The number of aryl methyl sites for hydroxylation is 2. The maximum absolute atomic E-state index is 15.6. The van der Waals surface area contributed by atoms with Gasteiger partial charge in [0.2, 0.25) is 0 Å². The number of halogens is 2. The van der Waals surface area contributed by atoms with Crippen molar-refractivity contribution in [1.29, 1.82) is 0 Å². The first-order valence-electron chi connectivity index (χ1n) is 20.1. The molecule has 4 aromatic rings. The quantitative estimate of drug-likeness (QED) is 0.0537. The molecular formula is C44H50F2N4O4S3. The molecule has 1 N–H and O–H groups in total. The van der Waals surface area contributed by atoms with Gasteiger partial charge in [0, 0.05) is 32.0 Å². The van der Waals surface area contributed by atoms with Crippen LogP contribution in [0.25, 0.3) is 32.2 Å². The van der Waals surface area contributed by atoms with Crippen molar-refractivity contribution in [3.05, 3.63) is 137 Å². The first-order valence-corrected chi connectivity index (χ1v) is 22.5. The van der Waals surface area contributed by atoms with Gasteiger partial charge in [-0.25, -0.2) is 8.78 Å². The minimum Gasteiger partial charge on any atom is -0.316 e. The van der Waals surface area contributed by atoms with Gasteiger partial charge >= 0.3 is 11.4 Å². The predicted molar refractivity (Wildman–Crippen MR) is 231 cm³/mol. The summed E-state index contributed by atoms with van der Waals surface area (Å²) >= 11 is 3.34. The number of nitrogens with one attached hydrogen (secondary N) is 1. The molecule has 2 atom stereocenters.